The first-order valence-corrected chi connectivity index (χ1v) is 6.35. The van der Waals surface area contributed by atoms with E-state index in [9.17, 15) is 27.0 Å². The molecular formula is C10H8F4O3P-. The molecule has 0 aromatic heterocycles. The molecule has 3 nitrogen and oxygen atoms in total. The predicted octanol–water partition coefficient (Wildman–Crippen LogP) is 2.96. The van der Waals surface area contributed by atoms with Gasteiger partial charge in [-0.2, -0.15) is 13.2 Å². The molecule has 1 aromatic carbocycles. The van der Waals surface area contributed by atoms with Gasteiger partial charge in [-0.05, 0) is 6.07 Å². The van der Waals surface area contributed by atoms with Crippen molar-refractivity contribution >= 4 is 13.7 Å². The molecular weight excluding hydrogens is 275 g/mol. The molecule has 18 heavy (non-hydrogen) atoms. The van der Waals surface area contributed by atoms with Crippen molar-refractivity contribution in [2.75, 3.05) is 6.16 Å². The minimum atomic E-state index is -5.24. The molecule has 8 heteroatoms. The van der Waals surface area contributed by atoms with Gasteiger partial charge in [0.25, 0.3) is 0 Å². The topological polar surface area (TPSA) is 49.4 Å². The summed E-state index contributed by atoms with van der Waals surface area (Å²) in [6.07, 6.45) is -6.01. The van der Waals surface area contributed by atoms with Crippen LogP contribution in [0.3, 0.4) is 0 Å². The van der Waals surface area contributed by atoms with E-state index in [4.69, 9.17) is 0 Å². The fourth-order valence-corrected chi connectivity index (χ4v) is 2.10. The summed E-state index contributed by atoms with van der Waals surface area (Å²) in [5.74, 6) is -1.86. The Morgan fingerprint density at radius 1 is 1.44 bits per heavy atom. The van der Waals surface area contributed by atoms with Crippen molar-refractivity contribution in [3.63, 3.8) is 0 Å². The van der Waals surface area contributed by atoms with E-state index in [1.54, 1.807) is 0 Å². The summed E-state index contributed by atoms with van der Waals surface area (Å²) >= 11 is 0. The monoisotopic (exact) mass is 283 g/mol. The van der Waals surface area contributed by atoms with Gasteiger partial charge in [0.2, 0.25) is 0 Å². The summed E-state index contributed by atoms with van der Waals surface area (Å²) in [5, 5.41) is 0. The van der Waals surface area contributed by atoms with E-state index >= 15 is 0 Å². The molecule has 0 radical (unpaired) electrons. The van der Waals surface area contributed by atoms with Crippen molar-refractivity contribution in [3.05, 3.63) is 36.2 Å². The highest BCUT2D eigenvalue weighted by Crippen LogP contribution is 2.44. The maximum absolute atomic E-state index is 13.5. The van der Waals surface area contributed by atoms with Crippen molar-refractivity contribution in [3.8, 4) is 5.75 Å². The van der Waals surface area contributed by atoms with Crippen molar-refractivity contribution in [1.29, 1.82) is 0 Å². The fraction of sp³-hybridized carbons (Fsp3) is 0.200. The van der Waals surface area contributed by atoms with Gasteiger partial charge in [0, 0.05) is 5.56 Å². The number of rotatable bonds is 4. The Kier molecular flexibility index (Phi) is 4.19. The van der Waals surface area contributed by atoms with Crippen LogP contribution in [-0.4, -0.2) is 12.3 Å². The number of benzene rings is 1. The molecule has 0 spiro atoms. The van der Waals surface area contributed by atoms with E-state index in [-0.39, 0.29) is 5.56 Å². The zero-order valence-electron chi connectivity index (χ0n) is 8.91. The molecule has 1 rings (SSSR count). The zero-order valence-corrected chi connectivity index (χ0v) is 9.80. The third-order valence-corrected chi connectivity index (χ3v) is 3.04. The molecule has 0 aliphatic rings. The zero-order chi connectivity index (χ0) is 14.0. The van der Waals surface area contributed by atoms with Crippen LogP contribution in [-0.2, 0) is 4.57 Å². The highest BCUT2D eigenvalue weighted by atomic mass is 31.2. The van der Waals surface area contributed by atoms with Gasteiger partial charge in [-0.15, -0.1) is 0 Å². The molecule has 1 aromatic rings. The molecule has 1 atom stereocenters. The van der Waals surface area contributed by atoms with Crippen LogP contribution in [0.4, 0.5) is 17.6 Å². The molecule has 0 bridgehead atoms. The average molecular weight is 283 g/mol. The Bertz CT molecular complexity index is 498. The van der Waals surface area contributed by atoms with Crippen LogP contribution in [0.25, 0.3) is 6.08 Å². The van der Waals surface area contributed by atoms with Crippen LogP contribution in [0.1, 0.15) is 5.56 Å². The van der Waals surface area contributed by atoms with Crippen LogP contribution < -0.4 is 9.42 Å². The molecule has 0 N–H and O–H groups in total. The minimum absolute atomic E-state index is 0.0699. The maximum Gasteiger partial charge on any atom is 0.397 e. The van der Waals surface area contributed by atoms with Gasteiger partial charge in [-0.3, -0.25) is 4.57 Å². The lowest BCUT2D eigenvalue weighted by atomic mass is 10.2. The highest BCUT2D eigenvalue weighted by molar-refractivity contribution is 7.51. The second kappa shape index (κ2) is 5.12. The molecule has 0 aliphatic heterocycles. The number of hydrogen-bond donors (Lipinski definition) is 0. The highest BCUT2D eigenvalue weighted by Gasteiger charge is 2.34. The first kappa shape index (κ1) is 14.7. The average Bonchev–Trinajstić information content (AvgIpc) is 2.17. The van der Waals surface area contributed by atoms with E-state index in [1.165, 1.54) is 12.1 Å². The van der Waals surface area contributed by atoms with E-state index in [0.717, 1.165) is 12.1 Å². The molecule has 0 aliphatic carbocycles. The van der Waals surface area contributed by atoms with Crippen LogP contribution in [0.2, 0.25) is 0 Å². The molecule has 0 fully saturated rings. The van der Waals surface area contributed by atoms with Gasteiger partial charge in [0.15, 0.2) is 19.2 Å². The molecule has 1 unspecified atom stereocenters. The van der Waals surface area contributed by atoms with Crippen molar-refractivity contribution in [1.82, 2.24) is 0 Å². The first-order chi connectivity index (χ1) is 8.14. The predicted molar refractivity (Wildman–Crippen MR) is 55.6 cm³/mol. The van der Waals surface area contributed by atoms with Crippen LogP contribution in [0.15, 0.2) is 24.8 Å². The van der Waals surface area contributed by atoms with Gasteiger partial charge in [0.05, 0.1) is 0 Å². The third kappa shape index (κ3) is 4.16. The van der Waals surface area contributed by atoms with E-state index in [1.807, 2.05) is 0 Å². The molecule has 0 heterocycles. The number of alkyl halides is 3. The lowest BCUT2D eigenvalue weighted by Gasteiger charge is -2.25. The van der Waals surface area contributed by atoms with Gasteiger partial charge in [-0.1, -0.05) is 24.8 Å². The Labute approximate surface area is 100 Å². The Morgan fingerprint density at radius 2 is 2.06 bits per heavy atom. The maximum atomic E-state index is 13.5. The molecule has 100 valence electrons. The Morgan fingerprint density at radius 3 is 2.56 bits per heavy atom. The van der Waals surface area contributed by atoms with Crippen LogP contribution in [0.5, 0.6) is 5.75 Å². The second-order valence-electron chi connectivity index (χ2n) is 3.34. The second-order valence-corrected chi connectivity index (χ2v) is 5.06. The molecule has 0 saturated carbocycles. The smallest absolute Gasteiger partial charge is 0.397 e. The van der Waals surface area contributed by atoms with E-state index in [2.05, 4.69) is 11.1 Å². The van der Waals surface area contributed by atoms with Crippen LogP contribution in [0, 0.1) is 5.82 Å². The minimum Gasteiger partial charge on any atom is -0.769 e. The fourth-order valence-electron chi connectivity index (χ4n) is 1.16. The van der Waals surface area contributed by atoms with Gasteiger partial charge in [-0.25, -0.2) is 4.39 Å². The lowest BCUT2D eigenvalue weighted by Crippen LogP contribution is -2.22. The van der Waals surface area contributed by atoms with Crippen molar-refractivity contribution < 1.29 is 31.5 Å². The largest absolute Gasteiger partial charge is 0.769 e. The summed E-state index contributed by atoms with van der Waals surface area (Å²) in [6, 6.07) is 3.43. The SMILES string of the molecule is C=Cc1cccc(OP(=O)([O-])CC(F)(F)F)c1F. The van der Waals surface area contributed by atoms with E-state index in [0.29, 0.717) is 0 Å². The summed E-state index contributed by atoms with van der Waals surface area (Å²) < 4.78 is 64.5. The van der Waals surface area contributed by atoms with Gasteiger partial charge < -0.3 is 9.42 Å². The van der Waals surface area contributed by atoms with Crippen LogP contribution >= 0.6 is 7.60 Å². The summed E-state index contributed by atoms with van der Waals surface area (Å²) in [5.41, 5.74) is -0.0699. The summed E-state index contributed by atoms with van der Waals surface area (Å²) in [7, 11) is -5.24. The third-order valence-electron chi connectivity index (χ3n) is 1.82. The quantitative estimate of drug-likeness (QED) is 0.630. The summed E-state index contributed by atoms with van der Waals surface area (Å²) in [4.78, 5) is 11.1. The normalized spacial score (nSPS) is 14.9. The van der Waals surface area contributed by atoms with Crippen molar-refractivity contribution in [2.24, 2.45) is 0 Å². The van der Waals surface area contributed by atoms with Gasteiger partial charge >= 0.3 is 6.18 Å². The Hall–Kier alpha value is -1.33. The number of hydrogen-bond acceptors (Lipinski definition) is 3. The van der Waals surface area contributed by atoms with Crippen molar-refractivity contribution in [2.45, 2.75) is 6.18 Å². The first-order valence-electron chi connectivity index (χ1n) is 4.62. The standard InChI is InChI=1S/C10H9F4O3P/c1-2-7-4-3-5-8(9(7)11)17-18(15,16)6-10(12,13)14/h2-5H,1,6H2,(H,15,16)/p-1. The number of halogens is 4. The van der Waals surface area contributed by atoms with E-state index < -0.39 is 31.5 Å². The lowest BCUT2D eigenvalue weighted by molar-refractivity contribution is -0.201. The summed E-state index contributed by atoms with van der Waals surface area (Å²) in [6.45, 7) is 3.27. The Balaban J connectivity index is 2.98. The van der Waals surface area contributed by atoms with Gasteiger partial charge in [0.1, 0.15) is 6.16 Å². The molecule has 0 saturated heterocycles. The molecule has 0 amide bonds.